The fourth-order valence-electron chi connectivity index (χ4n) is 0.738. The lowest BCUT2D eigenvalue weighted by molar-refractivity contribution is -0.137. The number of aromatic amines is 1. The monoisotopic (exact) mass is 194 g/mol. The molecule has 0 amide bonds. The average Bonchev–Trinajstić information content (AvgIpc) is 1.83. The van der Waals surface area contributed by atoms with Crippen molar-refractivity contribution in [3.63, 3.8) is 0 Å². The molecule has 1 heterocycles. The second kappa shape index (κ2) is 2.78. The molecule has 0 aliphatic carbocycles. The summed E-state index contributed by atoms with van der Waals surface area (Å²) >= 11 is 4.58. The third-order valence-electron chi connectivity index (χ3n) is 1.25. The molecule has 3 N–H and O–H groups in total. The van der Waals surface area contributed by atoms with Gasteiger partial charge in [-0.2, -0.15) is 13.2 Å². The Morgan fingerprint density at radius 2 is 1.92 bits per heavy atom. The molecular formula is C6H5F3N2S. The molecular weight excluding hydrogens is 189 g/mol. The highest BCUT2D eigenvalue weighted by atomic mass is 32.1. The van der Waals surface area contributed by atoms with Crippen molar-refractivity contribution in [2.45, 2.75) is 6.18 Å². The summed E-state index contributed by atoms with van der Waals surface area (Å²) in [5, 5.41) is 0. The van der Waals surface area contributed by atoms with E-state index in [-0.39, 0.29) is 4.64 Å². The van der Waals surface area contributed by atoms with Crippen LogP contribution in [0.2, 0.25) is 0 Å². The van der Waals surface area contributed by atoms with Crippen molar-refractivity contribution < 1.29 is 13.2 Å². The normalized spacial score (nSPS) is 11.6. The van der Waals surface area contributed by atoms with Gasteiger partial charge in [-0.05, 0) is 12.1 Å². The smallest absolute Gasteiger partial charge is 0.385 e. The molecule has 12 heavy (non-hydrogen) atoms. The van der Waals surface area contributed by atoms with E-state index < -0.39 is 17.6 Å². The van der Waals surface area contributed by atoms with Crippen LogP contribution >= 0.6 is 12.2 Å². The number of aromatic nitrogens is 1. The summed E-state index contributed by atoms with van der Waals surface area (Å²) < 4.78 is 36.3. The molecule has 6 heteroatoms. The van der Waals surface area contributed by atoms with Crippen LogP contribution in [0, 0.1) is 4.64 Å². The van der Waals surface area contributed by atoms with Gasteiger partial charge in [-0.25, -0.2) is 0 Å². The Labute approximate surface area is 71.2 Å². The van der Waals surface area contributed by atoms with Gasteiger partial charge < -0.3 is 10.7 Å². The molecule has 1 aromatic heterocycles. The topological polar surface area (TPSA) is 41.8 Å². The molecule has 0 radical (unpaired) electrons. The van der Waals surface area contributed by atoms with Crippen LogP contribution in [-0.2, 0) is 6.18 Å². The van der Waals surface area contributed by atoms with Crippen LogP contribution in [0.25, 0.3) is 0 Å². The lowest BCUT2D eigenvalue weighted by Gasteiger charge is -2.08. The van der Waals surface area contributed by atoms with Gasteiger partial charge >= 0.3 is 6.18 Å². The molecule has 1 rings (SSSR count). The zero-order chi connectivity index (χ0) is 9.35. The van der Waals surface area contributed by atoms with E-state index in [4.69, 9.17) is 5.73 Å². The molecule has 1 aromatic rings. The molecule has 2 nitrogen and oxygen atoms in total. The van der Waals surface area contributed by atoms with Crippen molar-refractivity contribution >= 4 is 18.0 Å². The van der Waals surface area contributed by atoms with Crippen LogP contribution in [-0.4, -0.2) is 4.98 Å². The van der Waals surface area contributed by atoms with Crippen LogP contribution in [0.4, 0.5) is 19.0 Å². The Kier molecular flexibility index (Phi) is 2.10. The second-order valence-corrected chi connectivity index (χ2v) is 2.59. The summed E-state index contributed by atoms with van der Waals surface area (Å²) in [6.45, 7) is 0. The van der Waals surface area contributed by atoms with Crippen molar-refractivity contribution in [1.82, 2.24) is 4.98 Å². The van der Waals surface area contributed by atoms with Crippen LogP contribution in [0.3, 0.4) is 0 Å². The Morgan fingerprint density at radius 3 is 2.33 bits per heavy atom. The number of nitrogens with two attached hydrogens (primary N) is 1. The van der Waals surface area contributed by atoms with Crippen LogP contribution in [0.5, 0.6) is 0 Å². The molecule has 0 fully saturated rings. The molecule has 0 saturated heterocycles. The number of hydrogen-bond acceptors (Lipinski definition) is 2. The Balaban J connectivity index is 3.28. The number of halogens is 3. The van der Waals surface area contributed by atoms with E-state index in [1.54, 1.807) is 0 Å². The quantitative estimate of drug-likeness (QED) is 0.622. The predicted octanol–water partition coefficient (Wildman–Crippen LogP) is 2.35. The number of rotatable bonds is 0. The van der Waals surface area contributed by atoms with Crippen LogP contribution < -0.4 is 5.73 Å². The van der Waals surface area contributed by atoms with Crippen molar-refractivity contribution in [3.8, 4) is 0 Å². The number of alkyl halides is 3. The number of H-pyrrole nitrogens is 1. The van der Waals surface area contributed by atoms with Gasteiger partial charge in [-0.3, -0.25) is 0 Å². The second-order valence-electron chi connectivity index (χ2n) is 2.15. The maximum Gasteiger partial charge on any atom is 0.419 e. The van der Waals surface area contributed by atoms with Crippen molar-refractivity contribution in [3.05, 3.63) is 22.3 Å². The van der Waals surface area contributed by atoms with Gasteiger partial charge in [0.25, 0.3) is 0 Å². The third kappa shape index (κ3) is 1.76. The highest BCUT2D eigenvalue weighted by Gasteiger charge is 2.32. The summed E-state index contributed by atoms with van der Waals surface area (Å²) in [4.78, 5) is 2.22. The zero-order valence-corrected chi connectivity index (χ0v) is 6.59. The van der Waals surface area contributed by atoms with E-state index in [0.29, 0.717) is 0 Å². The Morgan fingerprint density at radius 1 is 1.33 bits per heavy atom. The van der Waals surface area contributed by atoms with Crippen molar-refractivity contribution in [2.75, 3.05) is 5.73 Å². The number of anilines is 1. The molecule has 0 spiro atoms. The molecule has 0 atom stereocenters. The molecule has 0 saturated carbocycles. The zero-order valence-electron chi connectivity index (χ0n) is 5.77. The molecule has 0 aromatic carbocycles. The van der Waals surface area contributed by atoms with Crippen molar-refractivity contribution in [1.29, 1.82) is 0 Å². The highest BCUT2D eigenvalue weighted by molar-refractivity contribution is 7.71. The molecule has 0 aliphatic rings. The molecule has 66 valence electrons. The maximum atomic E-state index is 12.0. The van der Waals surface area contributed by atoms with E-state index in [1.165, 1.54) is 0 Å². The average molecular weight is 194 g/mol. The summed E-state index contributed by atoms with van der Waals surface area (Å²) in [7, 11) is 0. The van der Waals surface area contributed by atoms with Crippen LogP contribution in [0.1, 0.15) is 5.56 Å². The molecule has 0 unspecified atom stereocenters. The standard InChI is InChI=1S/C6H5F3N2S/c7-6(8,9)3-1-2-4(12)11-5(3)10/h1-2H,(H3,10,11,12). The van der Waals surface area contributed by atoms with E-state index in [2.05, 4.69) is 17.2 Å². The third-order valence-corrected chi connectivity index (χ3v) is 1.49. The van der Waals surface area contributed by atoms with Crippen LogP contribution in [0.15, 0.2) is 12.1 Å². The predicted molar refractivity (Wildman–Crippen MR) is 41.0 cm³/mol. The van der Waals surface area contributed by atoms with Gasteiger partial charge in [-0.15, -0.1) is 0 Å². The van der Waals surface area contributed by atoms with Crippen molar-refractivity contribution in [2.24, 2.45) is 0 Å². The van der Waals surface area contributed by atoms with Gasteiger partial charge in [0.15, 0.2) is 0 Å². The van der Waals surface area contributed by atoms with Gasteiger partial charge in [0.1, 0.15) is 10.5 Å². The fourth-order valence-corrected chi connectivity index (χ4v) is 0.916. The highest BCUT2D eigenvalue weighted by Crippen LogP contribution is 2.31. The summed E-state index contributed by atoms with van der Waals surface area (Å²) in [6, 6.07) is 2.00. The Bertz CT molecular complexity index is 341. The first-order valence-electron chi connectivity index (χ1n) is 2.97. The largest absolute Gasteiger partial charge is 0.419 e. The van der Waals surface area contributed by atoms with E-state index in [9.17, 15) is 13.2 Å². The summed E-state index contributed by atoms with van der Waals surface area (Å²) in [6.07, 6.45) is -4.43. The van der Waals surface area contributed by atoms with Gasteiger partial charge in [0, 0.05) is 0 Å². The first kappa shape index (κ1) is 9.05. The molecule has 0 aliphatic heterocycles. The lowest BCUT2D eigenvalue weighted by atomic mass is 10.2. The number of pyridine rings is 1. The Hall–Kier alpha value is -1.04. The first-order valence-corrected chi connectivity index (χ1v) is 3.38. The summed E-state index contributed by atoms with van der Waals surface area (Å²) in [5.74, 6) is -0.449. The van der Waals surface area contributed by atoms with Gasteiger partial charge in [-0.1, -0.05) is 12.2 Å². The van der Waals surface area contributed by atoms with Gasteiger partial charge in [0.2, 0.25) is 0 Å². The van der Waals surface area contributed by atoms with E-state index in [1.807, 2.05) is 0 Å². The minimum absolute atomic E-state index is 0.181. The SMILES string of the molecule is Nc1[nH]c(=S)ccc1C(F)(F)F. The minimum atomic E-state index is -4.43. The first-order chi connectivity index (χ1) is 5.41. The van der Waals surface area contributed by atoms with Gasteiger partial charge in [0.05, 0.1) is 5.56 Å². The minimum Gasteiger partial charge on any atom is -0.385 e. The number of nitrogen functional groups attached to an aromatic ring is 1. The maximum absolute atomic E-state index is 12.0. The number of hydrogen-bond donors (Lipinski definition) is 2. The van der Waals surface area contributed by atoms with E-state index in [0.717, 1.165) is 12.1 Å². The fraction of sp³-hybridized carbons (Fsp3) is 0.167. The lowest BCUT2D eigenvalue weighted by Crippen LogP contribution is -2.09. The molecule has 0 bridgehead atoms. The summed E-state index contributed by atoms with van der Waals surface area (Å²) in [5.41, 5.74) is 4.17. The number of nitrogens with one attached hydrogen (secondary N) is 1. The van der Waals surface area contributed by atoms with E-state index >= 15 is 0 Å².